The van der Waals surface area contributed by atoms with E-state index in [-0.39, 0.29) is 22.8 Å². The van der Waals surface area contributed by atoms with E-state index in [9.17, 15) is 26.6 Å². The Hall–Kier alpha value is -2.82. The molecule has 154 valence electrons. The molecule has 0 radical (unpaired) electrons. The molecule has 1 amide bonds. The number of pyridine rings is 1. The normalized spacial score (nSPS) is 20.8. The van der Waals surface area contributed by atoms with Crippen LogP contribution in [0.5, 0.6) is 0 Å². The molecular weight excluding hydrogens is 412 g/mol. The lowest BCUT2D eigenvalue weighted by atomic mass is 10.1. The van der Waals surface area contributed by atoms with Crippen molar-refractivity contribution in [3.8, 4) is 0 Å². The Kier molecular flexibility index (Phi) is 5.44. The highest BCUT2D eigenvalue weighted by atomic mass is 32.2. The Morgan fingerprint density at radius 2 is 1.90 bits per heavy atom. The van der Waals surface area contributed by atoms with Crippen molar-refractivity contribution in [1.29, 1.82) is 0 Å². The van der Waals surface area contributed by atoms with E-state index in [1.165, 1.54) is 0 Å². The van der Waals surface area contributed by atoms with Crippen LogP contribution in [0.15, 0.2) is 29.4 Å². The predicted molar refractivity (Wildman–Crippen MR) is 99.9 cm³/mol. The second kappa shape index (κ2) is 7.54. The molecule has 0 saturated heterocycles. The molecule has 11 heteroatoms. The third kappa shape index (κ3) is 4.00. The molecule has 29 heavy (non-hydrogen) atoms. The lowest BCUT2D eigenvalue weighted by molar-refractivity contribution is 0.101. The molecule has 0 bridgehead atoms. The van der Waals surface area contributed by atoms with Crippen molar-refractivity contribution >= 4 is 28.2 Å². The van der Waals surface area contributed by atoms with Crippen LogP contribution in [0.25, 0.3) is 0 Å². The van der Waals surface area contributed by atoms with Crippen molar-refractivity contribution in [2.75, 3.05) is 11.1 Å². The number of nitrogens with one attached hydrogen (secondary N) is 1. The topological polar surface area (TPSA) is 97.4 Å². The van der Waals surface area contributed by atoms with Gasteiger partial charge in [-0.2, -0.15) is 0 Å². The number of carbonyl (C=O) groups excluding carboxylic acids is 1. The van der Waals surface area contributed by atoms with Gasteiger partial charge in [0.1, 0.15) is 11.7 Å². The summed E-state index contributed by atoms with van der Waals surface area (Å²) in [5, 5.41) is 2.18. The summed E-state index contributed by atoms with van der Waals surface area (Å²) >= 11 is 0. The molecule has 2 heterocycles. The molecule has 2 aromatic rings. The number of nitrogens with two attached hydrogens (primary N) is 1. The number of carbonyl (C=O) groups is 1. The van der Waals surface area contributed by atoms with E-state index in [0.717, 1.165) is 6.07 Å². The summed E-state index contributed by atoms with van der Waals surface area (Å²) < 4.78 is 66.6. The number of aliphatic imine (C=N–C) groups is 1. The standard InChI is InChI=1S/C18H16F4N4O2S/c1-18(2)17(23)26-13(7-29(18)28)10-4-9(5-11(20)14(10)22)25-16(27)15-12(21)3-8(19)6-24-15/h3-6,13H,7H2,1-2H3,(H2,23,26)(H,25,27). The Morgan fingerprint density at radius 3 is 2.52 bits per heavy atom. The molecule has 0 spiro atoms. The van der Waals surface area contributed by atoms with Gasteiger partial charge in [-0.15, -0.1) is 0 Å². The first-order valence-corrected chi connectivity index (χ1v) is 9.66. The Balaban J connectivity index is 1.95. The minimum Gasteiger partial charge on any atom is -0.386 e. The first kappa shape index (κ1) is 20.9. The maximum Gasteiger partial charge on any atom is 0.277 e. The van der Waals surface area contributed by atoms with Crippen molar-refractivity contribution in [3.05, 3.63) is 58.9 Å². The average molecular weight is 428 g/mol. The summed E-state index contributed by atoms with van der Waals surface area (Å²) in [7, 11) is -1.51. The Morgan fingerprint density at radius 1 is 1.21 bits per heavy atom. The van der Waals surface area contributed by atoms with Gasteiger partial charge in [-0.25, -0.2) is 22.5 Å². The molecular formula is C18H16F4N4O2S. The summed E-state index contributed by atoms with van der Waals surface area (Å²) in [4.78, 5) is 19.7. The van der Waals surface area contributed by atoms with Gasteiger partial charge < -0.3 is 11.1 Å². The maximum atomic E-state index is 14.4. The number of anilines is 1. The van der Waals surface area contributed by atoms with Gasteiger partial charge in [0.15, 0.2) is 23.1 Å². The summed E-state index contributed by atoms with van der Waals surface area (Å²) in [6.45, 7) is 3.24. The first-order chi connectivity index (χ1) is 13.5. The predicted octanol–water partition coefficient (Wildman–Crippen LogP) is 2.83. The van der Waals surface area contributed by atoms with Crippen molar-refractivity contribution in [2.45, 2.75) is 24.6 Å². The smallest absolute Gasteiger partial charge is 0.277 e. The van der Waals surface area contributed by atoms with Gasteiger partial charge in [-0.3, -0.25) is 14.0 Å². The van der Waals surface area contributed by atoms with E-state index >= 15 is 0 Å². The van der Waals surface area contributed by atoms with Gasteiger partial charge >= 0.3 is 0 Å². The molecule has 2 atom stereocenters. The molecule has 3 rings (SSSR count). The van der Waals surface area contributed by atoms with Crippen LogP contribution in [-0.4, -0.2) is 31.4 Å². The zero-order valence-corrected chi connectivity index (χ0v) is 16.1. The fourth-order valence-electron chi connectivity index (χ4n) is 2.69. The quantitative estimate of drug-likeness (QED) is 0.735. The van der Waals surface area contributed by atoms with E-state index in [4.69, 9.17) is 5.73 Å². The van der Waals surface area contributed by atoms with E-state index in [1.807, 2.05) is 0 Å². The van der Waals surface area contributed by atoms with Gasteiger partial charge in [0, 0.05) is 34.2 Å². The van der Waals surface area contributed by atoms with Crippen LogP contribution in [0, 0.1) is 23.3 Å². The third-order valence-electron chi connectivity index (χ3n) is 4.49. The van der Waals surface area contributed by atoms with E-state index in [1.54, 1.807) is 13.8 Å². The number of amides is 1. The van der Waals surface area contributed by atoms with Crippen molar-refractivity contribution in [1.82, 2.24) is 4.98 Å². The number of hydrogen-bond acceptors (Lipinski definition) is 5. The number of benzene rings is 1. The van der Waals surface area contributed by atoms with Gasteiger partial charge in [-0.1, -0.05) is 0 Å². The maximum absolute atomic E-state index is 14.4. The third-order valence-corrected chi connectivity index (χ3v) is 6.45. The number of halogens is 4. The average Bonchev–Trinajstić information content (AvgIpc) is 2.62. The zero-order valence-electron chi connectivity index (χ0n) is 15.3. The highest BCUT2D eigenvalue weighted by Crippen LogP contribution is 2.33. The van der Waals surface area contributed by atoms with Crippen molar-refractivity contribution < 1.29 is 26.6 Å². The van der Waals surface area contributed by atoms with Gasteiger partial charge in [0.05, 0.1) is 22.7 Å². The van der Waals surface area contributed by atoms with Crippen LogP contribution in [0.4, 0.5) is 23.2 Å². The fourth-order valence-corrected chi connectivity index (χ4v) is 3.93. The summed E-state index contributed by atoms with van der Waals surface area (Å²) in [6, 6.07) is 1.22. The highest BCUT2D eigenvalue weighted by molar-refractivity contribution is 7.87. The summed E-state index contributed by atoms with van der Waals surface area (Å²) in [5.41, 5.74) is 4.64. The SMILES string of the molecule is CC1(C)C(N)=NC(c2cc(NC(=O)c3ncc(F)cc3F)cc(F)c2F)CS1=O. The molecule has 3 N–H and O–H groups in total. The summed E-state index contributed by atoms with van der Waals surface area (Å²) in [6.07, 6.45) is 0.644. The number of amidine groups is 1. The first-order valence-electron chi connectivity index (χ1n) is 8.34. The van der Waals surface area contributed by atoms with E-state index in [2.05, 4.69) is 15.3 Å². The number of hydrogen-bond donors (Lipinski definition) is 2. The van der Waals surface area contributed by atoms with Crippen LogP contribution in [0.1, 0.15) is 35.9 Å². The molecule has 1 aliphatic rings. The summed E-state index contributed by atoms with van der Waals surface area (Å²) in [5.74, 6) is -5.88. The Bertz CT molecular complexity index is 1060. The molecule has 6 nitrogen and oxygen atoms in total. The van der Waals surface area contributed by atoms with Crippen LogP contribution in [0.3, 0.4) is 0 Å². The molecule has 1 aliphatic heterocycles. The Labute approximate surface area is 165 Å². The number of aromatic nitrogens is 1. The number of rotatable bonds is 3. The molecule has 0 fully saturated rings. The van der Waals surface area contributed by atoms with Crippen LogP contribution in [-0.2, 0) is 10.8 Å². The monoisotopic (exact) mass is 428 g/mol. The van der Waals surface area contributed by atoms with E-state index in [0.29, 0.717) is 18.3 Å². The van der Waals surface area contributed by atoms with Crippen LogP contribution < -0.4 is 11.1 Å². The van der Waals surface area contributed by atoms with Crippen molar-refractivity contribution in [2.24, 2.45) is 10.7 Å². The van der Waals surface area contributed by atoms with Crippen molar-refractivity contribution in [3.63, 3.8) is 0 Å². The second-order valence-corrected chi connectivity index (χ2v) is 8.90. The zero-order chi connectivity index (χ0) is 21.5. The lowest BCUT2D eigenvalue weighted by Gasteiger charge is -2.31. The molecule has 0 aliphatic carbocycles. The van der Waals surface area contributed by atoms with Gasteiger partial charge in [-0.05, 0) is 19.9 Å². The lowest BCUT2D eigenvalue weighted by Crippen LogP contribution is -2.47. The largest absolute Gasteiger partial charge is 0.386 e. The van der Waals surface area contributed by atoms with Gasteiger partial charge in [0.25, 0.3) is 5.91 Å². The molecule has 1 aromatic carbocycles. The van der Waals surface area contributed by atoms with Crippen LogP contribution in [0.2, 0.25) is 0 Å². The molecule has 2 unspecified atom stereocenters. The highest BCUT2D eigenvalue weighted by Gasteiger charge is 2.38. The van der Waals surface area contributed by atoms with Gasteiger partial charge in [0.2, 0.25) is 0 Å². The minimum absolute atomic E-state index is 0.0268. The second-order valence-electron chi connectivity index (χ2n) is 6.85. The number of nitrogens with zero attached hydrogens (tertiary/aromatic N) is 2. The minimum atomic E-state index is -1.51. The van der Waals surface area contributed by atoms with Crippen LogP contribution >= 0.6 is 0 Å². The fraction of sp³-hybridized carbons (Fsp3) is 0.278. The van der Waals surface area contributed by atoms with E-state index < -0.39 is 56.5 Å². The molecule has 1 aromatic heterocycles. The molecule has 0 saturated carbocycles.